The summed E-state index contributed by atoms with van der Waals surface area (Å²) < 4.78 is 2.28. The number of rotatable bonds is 3. The summed E-state index contributed by atoms with van der Waals surface area (Å²) >= 11 is 0. The summed E-state index contributed by atoms with van der Waals surface area (Å²) in [6.07, 6.45) is 0. The second-order valence-electron chi connectivity index (χ2n) is 6.47. The van der Waals surface area contributed by atoms with Crippen LogP contribution < -0.4 is 11.2 Å². The first-order valence-electron chi connectivity index (χ1n) is 8.66. The molecule has 0 aliphatic heterocycles. The molecule has 0 N–H and O–H groups in total. The van der Waals surface area contributed by atoms with Gasteiger partial charge in [0.2, 0.25) is 0 Å². The zero-order valence-electron chi connectivity index (χ0n) is 15.6. The normalized spacial score (nSPS) is 11.0. The van der Waals surface area contributed by atoms with Crippen LogP contribution in [0.1, 0.15) is 0 Å². The lowest BCUT2D eigenvalue weighted by molar-refractivity contribution is -0.384. The van der Waals surface area contributed by atoms with Crippen molar-refractivity contribution in [3.8, 4) is 22.6 Å². The summed E-state index contributed by atoms with van der Waals surface area (Å²) in [6.45, 7) is 0. The molecule has 2 aromatic carbocycles. The van der Waals surface area contributed by atoms with Gasteiger partial charge in [0.25, 0.3) is 11.2 Å². The predicted molar refractivity (Wildman–Crippen MR) is 108 cm³/mol. The van der Waals surface area contributed by atoms with Gasteiger partial charge < -0.3 is 0 Å². The largest absolute Gasteiger partial charge is 0.332 e. The number of nitro groups is 1. The highest BCUT2D eigenvalue weighted by molar-refractivity contribution is 5.91. The van der Waals surface area contributed by atoms with Crippen molar-refractivity contribution >= 4 is 16.7 Å². The van der Waals surface area contributed by atoms with Gasteiger partial charge in [0.1, 0.15) is 5.39 Å². The molecule has 0 bridgehead atoms. The predicted octanol–water partition coefficient (Wildman–Crippen LogP) is 2.27. The van der Waals surface area contributed by atoms with Crippen LogP contribution >= 0.6 is 0 Å². The molecule has 144 valence electrons. The Balaban J connectivity index is 2.12. The lowest BCUT2D eigenvalue weighted by Gasteiger charge is -2.12. The van der Waals surface area contributed by atoms with E-state index in [0.717, 1.165) is 4.57 Å². The maximum Gasteiger partial charge on any atom is 0.332 e. The van der Waals surface area contributed by atoms with Crippen LogP contribution in [0.4, 0.5) is 5.69 Å². The number of nitrogens with zero attached hydrogens (tertiary/aromatic N) is 5. The van der Waals surface area contributed by atoms with E-state index in [1.165, 1.54) is 42.9 Å². The molecule has 0 unspecified atom stereocenters. The average Bonchev–Trinajstić information content (AvgIpc) is 2.76. The SMILES string of the molecule is Cn1c(=O)c2c(-c3ccc([N+](=O)[O-])cc3)nc(-c3ccccc3)nc2n(C)c1=O. The monoisotopic (exact) mass is 389 g/mol. The zero-order chi connectivity index (χ0) is 20.7. The summed E-state index contributed by atoms with van der Waals surface area (Å²) in [5, 5.41) is 11.1. The van der Waals surface area contributed by atoms with E-state index in [0.29, 0.717) is 22.6 Å². The maximum absolute atomic E-state index is 12.9. The number of aromatic nitrogens is 4. The van der Waals surface area contributed by atoms with E-state index < -0.39 is 16.2 Å². The van der Waals surface area contributed by atoms with Crippen LogP contribution in [0.25, 0.3) is 33.7 Å². The Morgan fingerprint density at radius 3 is 2.14 bits per heavy atom. The van der Waals surface area contributed by atoms with Gasteiger partial charge in [-0.15, -0.1) is 0 Å². The van der Waals surface area contributed by atoms with Gasteiger partial charge in [-0.05, 0) is 12.1 Å². The highest BCUT2D eigenvalue weighted by Crippen LogP contribution is 2.28. The van der Waals surface area contributed by atoms with Crippen molar-refractivity contribution in [2.75, 3.05) is 0 Å². The van der Waals surface area contributed by atoms with Crippen molar-refractivity contribution in [2.45, 2.75) is 0 Å². The second kappa shape index (κ2) is 6.79. The van der Waals surface area contributed by atoms with E-state index in [2.05, 4.69) is 9.97 Å². The molecule has 4 aromatic rings. The lowest BCUT2D eigenvalue weighted by atomic mass is 10.1. The van der Waals surface area contributed by atoms with E-state index in [1.807, 2.05) is 30.3 Å². The Morgan fingerprint density at radius 2 is 1.52 bits per heavy atom. The fourth-order valence-electron chi connectivity index (χ4n) is 3.12. The Kier molecular flexibility index (Phi) is 4.27. The number of non-ortho nitro benzene ring substituents is 1. The fourth-order valence-corrected chi connectivity index (χ4v) is 3.12. The number of aryl methyl sites for hydroxylation is 1. The third-order valence-corrected chi connectivity index (χ3v) is 4.68. The molecule has 2 heterocycles. The number of fused-ring (bicyclic) bond motifs is 1. The van der Waals surface area contributed by atoms with Gasteiger partial charge in [-0.1, -0.05) is 30.3 Å². The summed E-state index contributed by atoms with van der Waals surface area (Å²) in [4.78, 5) is 44.8. The molecule has 0 aliphatic rings. The van der Waals surface area contributed by atoms with Gasteiger partial charge in [-0.2, -0.15) is 0 Å². The van der Waals surface area contributed by atoms with Crippen molar-refractivity contribution in [1.29, 1.82) is 0 Å². The fraction of sp³-hybridized carbons (Fsp3) is 0.100. The Hall–Kier alpha value is -4.14. The Morgan fingerprint density at radius 1 is 0.862 bits per heavy atom. The molecule has 0 aliphatic carbocycles. The van der Waals surface area contributed by atoms with Crippen LogP contribution in [-0.4, -0.2) is 24.0 Å². The Bertz CT molecular complexity index is 1370. The molecule has 29 heavy (non-hydrogen) atoms. The molecule has 4 rings (SSSR count). The second-order valence-corrected chi connectivity index (χ2v) is 6.47. The van der Waals surface area contributed by atoms with Crippen molar-refractivity contribution in [3.63, 3.8) is 0 Å². The van der Waals surface area contributed by atoms with E-state index in [-0.39, 0.29) is 16.7 Å². The molecule has 9 nitrogen and oxygen atoms in total. The van der Waals surface area contributed by atoms with Crippen LogP contribution in [0.2, 0.25) is 0 Å². The first-order valence-corrected chi connectivity index (χ1v) is 8.66. The van der Waals surface area contributed by atoms with Crippen LogP contribution in [0.5, 0.6) is 0 Å². The smallest absolute Gasteiger partial charge is 0.280 e. The molecule has 9 heteroatoms. The van der Waals surface area contributed by atoms with Gasteiger partial charge in [0.15, 0.2) is 11.5 Å². The number of benzene rings is 2. The highest BCUT2D eigenvalue weighted by atomic mass is 16.6. The minimum Gasteiger partial charge on any atom is -0.280 e. The summed E-state index contributed by atoms with van der Waals surface area (Å²) in [5.74, 6) is 0.342. The van der Waals surface area contributed by atoms with Crippen LogP contribution in [0.3, 0.4) is 0 Å². The minimum absolute atomic E-state index is 0.0734. The van der Waals surface area contributed by atoms with Crippen molar-refractivity contribution in [3.05, 3.63) is 85.5 Å². The number of nitro benzene ring substituents is 1. The summed E-state index contributed by atoms with van der Waals surface area (Å²) in [6, 6.07) is 14.9. The first kappa shape index (κ1) is 18.2. The molecule has 0 radical (unpaired) electrons. The first-order chi connectivity index (χ1) is 13.9. The van der Waals surface area contributed by atoms with Crippen LogP contribution in [0, 0.1) is 10.1 Å². The standard InChI is InChI=1S/C20H15N5O4/c1-23-18-15(19(26)24(2)20(23)27)16(12-8-10-14(11-9-12)25(28)29)21-17(22-18)13-6-4-3-5-7-13/h3-11H,1-2H3. The van der Waals surface area contributed by atoms with Crippen LogP contribution in [0.15, 0.2) is 64.2 Å². The molecular weight excluding hydrogens is 374 g/mol. The lowest BCUT2D eigenvalue weighted by Crippen LogP contribution is -2.37. The summed E-state index contributed by atoms with van der Waals surface area (Å²) in [7, 11) is 2.92. The molecular formula is C20H15N5O4. The third-order valence-electron chi connectivity index (χ3n) is 4.68. The zero-order valence-corrected chi connectivity index (χ0v) is 15.6. The van der Waals surface area contributed by atoms with Gasteiger partial charge >= 0.3 is 5.69 Å². The van der Waals surface area contributed by atoms with E-state index in [1.54, 1.807) is 0 Å². The topological polar surface area (TPSA) is 113 Å². The molecule has 0 spiro atoms. The molecule has 0 amide bonds. The molecule has 0 saturated heterocycles. The van der Waals surface area contributed by atoms with Crippen molar-refractivity contribution in [1.82, 2.24) is 19.1 Å². The number of hydrogen-bond acceptors (Lipinski definition) is 6. The quantitative estimate of drug-likeness (QED) is 0.392. The molecule has 0 atom stereocenters. The average molecular weight is 389 g/mol. The van der Waals surface area contributed by atoms with Crippen LogP contribution in [-0.2, 0) is 14.1 Å². The number of hydrogen-bond donors (Lipinski definition) is 0. The van der Waals surface area contributed by atoms with Gasteiger partial charge in [-0.25, -0.2) is 14.8 Å². The minimum atomic E-state index is -0.531. The highest BCUT2D eigenvalue weighted by Gasteiger charge is 2.19. The Labute approximate surface area is 163 Å². The van der Waals surface area contributed by atoms with Crippen molar-refractivity contribution in [2.24, 2.45) is 14.1 Å². The third kappa shape index (κ3) is 2.98. The van der Waals surface area contributed by atoms with E-state index in [4.69, 9.17) is 0 Å². The van der Waals surface area contributed by atoms with E-state index >= 15 is 0 Å². The van der Waals surface area contributed by atoms with Gasteiger partial charge in [0, 0.05) is 37.4 Å². The van der Waals surface area contributed by atoms with Crippen molar-refractivity contribution < 1.29 is 4.92 Å². The summed E-state index contributed by atoms with van der Waals surface area (Å²) in [5.41, 5.74) is 0.614. The van der Waals surface area contributed by atoms with E-state index in [9.17, 15) is 19.7 Å². The van der Waals surface area contributed by atoms with Gasteiger partial charge in [0.05, 0.1) is 10.6 Å². The maximum atomic E-state index is 12.9. The molecule has 2 aromatic heterocycles. The molecule has 0 fully saturated rings. The van der Waals surface area contributed by atoms with Gasteiger partial charge in [-0.3, -0.25) is 24.0 Å². The molecule has 0 saturated carbocycles.